The van der Waals surface area contributed by atoms with E-state index < -0.39 is 0 Å². The minimum absolute atomic E-state index is 1.17. The van der Waals surface area contributed by atoms with Gasteiger partial charge < -0.3 is 14.7 Å². The summed E-state index contributed by atoms with van der Waals surface area (Å²) in [4.78, 5) is 7.38. The maximum Gasteiger partial charge on any atom is 0.0110 e. The molecule has 3 heteroatoms. The third-order valence-corrected chi connectivity index (χ3v) is 3.15. The highest BCUT2D eigenvalue weighted by atomic mass is 15.2. The number of hydrogen-bond donors (Lipinski definition) is 0. The van der Waals surface area contributed by atoms with E-state index >= 15 is 0 Å². The van der Waals surface area contributed by atoms with Crippen LogP contribution in [0.2, 0.25) is 0 Å². The molecule has 1 fully saturated rings. The molecule has 1 rings (SSSR count). The lowest BCUT2D eigenvalue weighted by molar-refractivity contribution is 0.148. The van der Waals surface area contributed by atoms with Gasteiger partial charge in [-0.3, -0.25) is 0 Å². The number of likely N-dealkylation sites (N-methyl/N-ethyl adjacent to an activating group) is 1. The van der Waals surface area contributed by atoms with Crippen LogP contribution in [-0.2, 0) is 0 Å². The molecule has 0 bridgehead atoms. The predicted octanol–water partition coefficient (Wildman–Crippen LogP) is 0.576. The highest BCUT2D eigenvalue weighted by Gasteiger charge is 2.12. The summed E-state index contributed by atoms with van der Waals surface area (Å²) >= 11 is 0. The molecule has 0 saturated carbocycles. The van der Waals surface area contributed by atoms with Crippen molar-refractivity contribution in [2.24, 2.45) is 0 Å². The molecular weight excluding hydrogens is 174 g/mol. The number of hydrogen-bond acceptors (Lipinski definition) is 3. The van der Waals surface area contributed by atoms with E-state index in [-0.39, 0.29) is 0 Å². The van der Waals surface area contributed by atoms with Gasteiger partial charge >= 0.3 is 0 Å². The van der Waals surface area contributed by atoms with Crippen LogP contribution in [0, 0.1) is 0 Å². The Morgan fingerprint density at radius 3 is 2.36 bits per heavy atom. The van der Waals surface area contributed by atoms with E-state index in [0.29, 0.717) is 0 Å². The third-order valence-electron chi connectivity index (χ3n) is 3.15. The summed E-state index contributed by atoms with van der Waals surface area (Å²) in [6.07, 6.45) is 1.31. The van der Waals surface area contributed by atoms with Crippen LogP contribution in [0.4, 0.5) is 0 Å². The minimum atomic E-state index is 1.17. The van der Waals surface area contributed by atoms with Gasteiger partial charge in [0, 0.05) is 26.2 Å². The van der Waals surface area contributed by atoms with E-state index in [0.717, 1.165) is 0 Å². The predicted molar refractivity (Wildman–Crippen MR) is 61.7 cm³/mol. The molecule has 84 valence electrons. The topological polar surface area (TPSA) is 9.72 Å². The quantitative estimate of drug-likeness (QED) is 0.641. The molecule has 0 radical (unpaired) electrons. The zero-order chi connectivity index (χ0) is 10.4. The summed E-state index contributed by atoms with van der Waals surface area (Å²) in [6, 6.07) is 0. The monoisotopic (exact) mass is 199 g/mol. The standard InChI is InChI=1S/C11H25N3/c1-4-12(2)6-5-7-14-10-8-13(3)9-11-14/h4-11H2,1-3H3. The molecule has 0 aromatic heterocycles. The fourth-order valence-electron chi connectivity index (χ4n) is 1.79. The largest absolute Gasteiger partial charge is 0.307 e. The van der Waals surface area contributed by atoms with Crippen LogP contribution in [0.25, 0.3) is 0 Å². The van der Waals surface area contributed by atoms with Crippen molar-refractivity contribution in [3.05, 3.63) is 0 Å². The molecule has 0 amide bonds. The fourth-order valence-corrected chi connectivity index (χ4v) is 1.79. The molecule has 0 aliphatic carbocycles. The number of piperazine rings is 1. The van der Waals surface area contributed by atoms with Crippen LogP contribution in [0.1, 0.15) is 13.3 Å². The molecule has 14 heavy (non-hydrogen) atoms. The van der Waals surface area contributed by atoms with Gasteiger partial charge in [-0.2, -0.15) is 0 Å². The van der Waals surface area contributed by atoms with Gasteiger partial charge in [0.15, 0.2) is 0 Å². The van der Waals surface area contributed by atoms with Gasteiger partial charge in [-0.05, 0) is 40.2 Å². The van der Waals surface area contributed by atoms with Crippen molar-refractivity contribution in [1.29, 1.82) is 0 Å². The first-order valence-electron chi connectivity index (χ1n) is 5.82. The molecular formula is C11H25N3. The van der Waals surface area contributed by atoms with Gasteiger partial charge in [0.25, 0.3) is 0 Å². The molecule has 0 unspecified atom stereocenters. The molecule has 1 saturated heterocycles. The Balaban J connectivity index is 2.02. The molecule has 0 aromatic carbocycles. The summed E-state index contributed by atoms with van der Waals surface area (Å²) in [6.45, 7) is 10.9. The summed E-state index contributed by atoms with van der Waals surface area (Å²) in [7, 11) is 4.41. The lowest BCUT2D eigenvalue weighted by atomic mass is 10.3. The van der Waals surface area contributed by atoms with Gasteiger partial charge in [-0.15, -0.1) is 0 Å². The highest BCUT2D eigenvalue weighted by Crippen LogP contribution is 2.00. The molecule has 1 aliphatic rings. The Morgan fingerprint density at radius 1 is 1.14 bits per heavy atom. The third kappa shape index (κ3) is 4.40. The second-order valence-electron chi connectivity index (χ2n) is 4.39. The average molecular weight is 199 g/mol. The molecule has 0 spiro atoms. The summed E-state index contributed by atoms with van der Waals surface area (Å²) in [5.74, 6) is 0. The first-order chi connectivity index (χ1) is 6.72. The van der Waals surface area contributed by atoms with Crippen LogP contribution in [0.5, 0.6) is 0 Å². The van der Waals surface area contributed by atoms with E-state index in [4.69, 9.17) is 0 Å². The second kappa shape index (κ2) is 6.38. The van der Waals surface area contributed by atoms with Gasteiger partial charge in [0.05, 0.1) is 0 Å². The van der Waals surface area contributed by atoms with Gasteiger partial charge in [-0.1, -0.05) is 6.92 Å². The first-order valence-corrected chi connectivity index (χ1v) is 5.82. The second-order valence-corrected chi connectivity index (χ2v) is 4.39. The lowest BCUT2D eigenvalue weighted by Crippen LogP contribution is -2.45. The molecule has 0 atom stereocenters. The smallest absolute Gasteiger partial charge is 0.0110 e. The van der Waals surface area contributed by atoms with Crippen LogP contribution >= 0.6 is 0 Å². The van der Waals surface area contributed by atoms with Crippen molar-refractivity contribution in [1.82, 2.24) is 14.7 Å². The maximum absolute atomic E-state index is 2.59. The first kappa shape index (κ1) is 12.0. The zero-order valence-electron chi connectivity index (χ0n) is 10.00. The average Bonchev–Trinajstić information content (AvgIpc) is 2.21. The Bertz CT molecular complexity index is 141. The lowest BCUT2D eigenvalue weighted by Gasteiger charge is -2.32. The molecule has 1 aliphatic heterocycles. The van der Waals surface area contributed by atoms with Crippen molar-refractivity contribution >= 4 is 0 Å². The maximum atomic E-state index is 2.59. The van der Waals surface area contributed by atoms with E-state index in [9.17, 15) is 0 Å². The summed E-state index contributed by atoms with van der Waals surface area (Å²) in [5.41, 5.74) is 0. The SMILES string of the molecule is CCN(C)CCCN1CCN(C)CC1. The zero-order valence-corrected chi connectivity index (χ0v) is 10.00. The van der Waals surface area contributed by atoms with E-state index in [1.54, 1.807) is 0 Å². The Labute approximate surface area is 88.7 Å². The summed E-state index contributed by atoms with van der Waals surface area (Å²) in [5, 5.41) is 0. The Kier molecular flexibility index (Phi) is 5.45. The van der Waals surface area contributed by atoms with Crippen molar-refractivity contribution in [2.45, 2.75) is 13.3 Å². The highest BCUT2D eigenvalue weighted by molar-refractivity contribution is 4.69. The van der Waals surface area contributed by atoms with Crippen LogP contribution < -0.4 is 0 Å². The normalized spacial score (nSPS) is 20.6. The number of rotatable bonds is 5. The van der Waals surface area contributed by atoms with Crippen molar-refractivity contribution < 1.29 is 0 Å². The molecule has 3 nitrogen and oxygen atoms in total. The molecule has 0 N–H and O–H groups in total. The van der Waals surface area contributed by atoms with E-state index in [1.165, 1.54) is 52.2 Å². The van der Waals surface area contributed by atoms with Crippen LogP contribution in [-0.4, -0.2) is 74.6 Å². The Hall–Kier alpha value is -0.120. The van der Waals surface area contributed by atoms with E-state index in [2.05, 4.69) is 35.7 Å². The number of nitrogens with zero attached hydrogens (tertiary/aromatic N) is 3. The van der Waals surface area contributed by atoms with Crippen molar-refractivity contribution in [2.75, 3.05) is 59.9 Å². The van der Waals surface area contributed by atoms with Crippen LogP contribution in [0.15, 0.2) is 0 Å². The van der Waals surface area contributed by atoms with Gasteiger partial charge in [-0.25, -0.2) is 0 Å². The van der Waals surface area contributed by atoms with Gasteiger partial charge in [0.2, 0.25) is 0 Å². The minimum Gasteiger partial charge on any atom is -0.307 e. The molecule has 0 aromatic rings. The van der Waals surface area contributed by atoms with Crippen LogP contribution in [0.3, 0.4) is 0 Å². The molecule has 1 heterocycles. The van der Waals surface area contributed by atoms with E-state index in [1.807, 2.05) is 0 Å². The van der Waals surface area contributed by atoms with Crippen molar-refractivity contribution in [3.63, 3.8) is 0 Å². The fraction of sp³-hybridized carbons (Fsp3) is 1.00. The van der Waals surface area contributed by atoms with Gasteiger partial charge in [0.1, 0.15) is 0 Å². The summed E-state index contributed by atoms with van der Waals surface area (Å²) < 4.78 is 0. The Morgan fingerprint density at radius 2 is 1.79 bits per heavy atom. The van der Waals surface area contributed by atoms with Crippen molar-refractivity contribution in [3.8, 4) is 0 Å².